The quantitative estimate of drug-likeness (QED) is 0.867. The molecule has 2 atom stereocenters. The predicted octanol–water partition coefficient (Wildman–Crippen LogP) is 3.85. The summed E-state index contributed by atoms with van der Waals surface area (Å²) < 4.78 is 0. The Morgan fingerprint density at radius 2 is 2.05 bits per heavy atom. The molecular formula is C17H25NO2S. The molecule has 1 aliphatic rings. The van der Waals surface area contributed by atoms with Crippen LogP contribution in [0, 0.1) is 6.92 Å². The van der Waals surface area contributed by atoms with Gasteiger partial charge in [0.05, 0.1) is 0 Å². The summed E-state index contributed by atoms with van der Waals surface area (Å²) in [6.07, 6.45) is 3.48. The summed E-state index contributed by atoms with van der Waals surface area (Å²) in [5, 5.41) is 13.4. The van der Waals surface area contributed by atoms with Crippen LogP contribution in [-0.4, -0.2) is 27.9 Å². The van der Waals surface area contributed by atoms with Crippen LogP contribution in [0.1, 0.15) is 45.1 Å². The third kappa shape index (κ3) is 4.24. The molecule has 0 saturated heterocycles. The van der Waals surface area contributed by atoms with Crippen LogP contribution in [-0.2, 0) is 4.79 Å². The van der Waals surface area contributed by atoms with Crippen molar-refractivity contribution in [2.75, 3.05) is 0 Å². The van der Waals surface area contributed by atoms with E-state index in [4.69, 9.17) is 0 Å². The molecule has 2 N–H and O–H groups in total. The van der Waals surface area contributed by atoms with E-state index in [1.165, 1.54) is 10.5 Å². The molecule has 0 aromatic heterocycles. The van der Waals surface area contributed by atoms with E-state index in [0.717, 1.165) is 19.3 Å². The van der Waals surface area contributed by atoms with Crippen LogP contribution < -0.4 is 5.32 Å². The number of hydrogen-bond donors (Lipinski definition) is 2. The van der Waals surface area contributed by atoms with Crippen molar-refractivity contribution < 1.29 is 9.90 Å². The number of rotatable bonds is 5. The molecule has 1 aromatic rings. The molecule has 1 aliphatic carbocycles. The number of aryl methyl sites for hydroxylation is 1. The summed E-state index contributed by atoms with van der Waals surface area (Å²) in [5.41, 5.74) is 0.499. The van der Waals surface area contributed by atoms with Crippen molar-refractivity contribution in [2.24, 2.45) is 0 Å². The molecule has 1 aromatic carbocycles. The lowest BCUT2D eigenvalue weighted by molar-refractivity contribution is -0.146. The number of carboxylic acids is 1. The van der Waals surface area contributed by atoms with E-state index in [9.17, 15) is 9.90 Å². The average molecular weight is 307 g/mol. The summed E-state index contributed by atoms with van der Waals surface area (Å²) in [6, 6.07) is 8.67. The fraction of sp³-hybridized carbons (Fsp3) is 0.588. The van der Waals surface area contributed by atoms with Gasteiger partial charge in [0, 0.05) is 16.2 Å². The minimum Gasteiger partial charge on any atom is -0.480 e. The van der Waals surface area contributed by atoms with Gasteiger partial charge in [0.15, 0.2) is 0 Å². The Morgan fingerprint density at radius 3 is 2.62 bits per heavy atom. The topological polar surface area (TPSA) is 49.3 Å². The zero-order valence-corrected chi connectivity index (χ0v) is 13.9. The van der Waals surface area contributed by atoms with Crippen LogP contribution in [0.2, 0.25) is 0 Å². The Balaban J connectivity index is 2.08. The molecule has 1 fully saturated rings. The van der Waals surface area contributed by atoms with Crippen LogP contribution in [0.25, 0.3) is 0 Å². The van der Waals surface area contributed by atoms with Crippen LogP contribution in [0.5, 0.6) is 0 Å². The van der Waals surface area contributed by atoms with Crippen LogP contribution in [0.3, 0.4) is 0 Å². The second-order valence-electron chi connectivity index (χ2n) is 6.34. The summed E-state index contributed by atoms with van der Waals surface area (Å²) in [7, 11) is 0. The van der Waals surface area contributed by atoms with Crippen molar-refractivity contribution in [3.05, 3.63) is 29.8 Å². The molecule has 0 amide bonds. The van der Waals surface area contributed by atoms with Gasteiger partial charge in [-0.05, 0) is 58.6 Å². The molecule has 0 bridgehead atoms. The highest BCUT2D eigenvalue weighted by Crippen LogP contribution is 2.38. The van der Waals surface area contributed by atoms with Crippen molar-refractivity contribution in [2.45, 2.75) is 68.2 Å². The normalized spacial score (nSPS) is 26.0. The Morgan fingerprint density at radius 1 is 1.38 bits per heavy atom. The van der Waals surface area contributed by atoms with Crippen molar-refractivity contribution in [1.82, 2.24) is 5.32 Å². The van der Waals surface area contributed by atoms with Gasteiger partial charge in [0.2, 0.25) is 0 Å². The number of thioether (sulfide) groups is 1. The highest BCUT2D eigenvalue weighted by atomic mass is 32.2. The smallest absolute Gasteiger partial charge is 0.323 e. The lowest BCUT2D eigenvalue weighted by atomic mass is 9.81. The molecule has 0 aliphatic heterocycles. The molecule has 116 valence electrons. The molecule has 0 spiro atoms. The van der Waals surface area contributed by atoms with Crippen LogP contribution in [0.4, 0.5) is 0 Å². The number of nitrogens with one attached hydrogen (secondary N) is 1. The SMILES string of the molecule is Cc1ccc(SC2CCCC(NC(C)C)(C(=O)O)C2)cc1. The lowest BCUT2D eigenvalue weighted by Crippen LogP contribution is -2.57. The second kappa shape index (κ2) is 6.84. The maximum absolute atomic E-state index is 11.8. The highest BCUT2D eigenvalue weighted by molar-refractivity contribution is 8.00. The Hall–Kier alpha value is -1.00. The minimum absolute atomic E-state index is 0.184. The first kappa shape index (κ1) is 16.4. The van der Waals surface area contributed by atoms with E-state index in [1.54, 1.807) is 0 Å². The zero-order valence-electron chi connectivity index (χ0n) is 13.1. The molecule has 2 rings (SSSR count). The maximum atomic E-state index is 11.8. The Labute approximate surface area is 131 Å². The van der Waals surface area contributed by atoms with Gasteiger partial charge in [0.25, 0.3) is 0 Å². The summed E-state index contributed by atoms with van der Waals surface area (Å²) in [5.74, 6) is -0.703. The van der Waals surface area contributed by atoms with Crippen molar-refractivity contribution >= 4 is 17.7 Å². The zero-order chi connectivity index (χ0) is 15.5. The third-order valence-corrected chi connectivity index (χ3v) is 5.28. The van der Waals surface area contributed by atoms with Gasteiger partial charge in [-0.25, -0.2) is 0 Å². The molecule has 2 unspecified atom stereocenters. The Bertz CT molecular complexity index is 486. The first-order valence-corrected chi connectivity index (χ1v) is 8.54. The third-order valence-electron chi connectivity index (χ3n) is 4.00. The fourth-order valence-electron chi connectivity index (χ4n) is 3.07. The monoisotopic (exact) mass is 307 g/mol. The van der Waals surface area contributed by atoms with E-state index in [0.29, 0.717) is 11.7 Å². The molecular weight excluding hydrogens is 282 g/mol. The molecule has 0 radical (unpaired) electrons. The number of carboxylic acid groups (broad SMARTS) is 1. The average Bonchev–Trinajstić information content (AvgIpc) is 2.41. The van der Waals surface area contributed by atoms with Gasteiger partial charge in [0.1, 0.15) is 5.54 Å². The molecule has 3 nitrogen and oxygen atoms in total. The van der Waals surface area contributed by atoms with E-state index >= 15 is 0 Å². The van der Waals surface area contributed by atoms with Crippen molar-refractivity contribution in [3.63, 3.8) is 0 Å². The number of carbonyl (C=O) groups is 1. The van der Waals surface area contributed by atoms with Gasteiger partial charge in [-0.3, -0.25) is 10.1 Å². The molecule has 21 heavy (non-hydrogen) atoms. The van der Waals surface area contributed by atoms with Crippen LogP contribution >= 0.6 is 11.8 Å². The van der Waals surface area contributed by atoms with Gasteiger partial charge >= 0.3 is 5.97 Å². The van der Waals surface area contributed by atoms with E-state index < -0.39 is 11.5 Å². The van der Waals surface area contributed by atoms with E-state index in [-0.39, 0.29) is 6.04 Å². The summed E-state index contributed by atoms with van der Waals surface area (Å²) in [6.45, 7) is 6.11. The van der Waals surface area contributed by atoms with Crippen molar-refractivity contribution in [3.8, 4) is 0 Å². The minimum atomic E-state index is -0.755. The summed E-state index contributed by atoms with van der Waals surface area (Å²) in [4.78, 5) is 13.0. The Kier molecular flexibility index (Phi) is 5.33. The van der Waals surface area contributed by atoms with Gasteiger partial charge in [-0.15, -0.1) is 11.8 Å². The fourth-order valence-corrected chi connectivity index (χ4v) is 4.40. The first-order valence-electron chi connectivity index (χ1n) is 7.66. The number of benzene rings is 1. The van der Waals surface area contributed by atoms with Crippen LogP contribution in [0.15, 0.2) is 29.2 Å². The predicted molar refractivity (Wildman–Crippen MR) is 87.9 cm³/mol. The summed E-state index contributed by atoms with van der Waals surface area (Å²) >= 11 is 1.82. The highest BCUT2D eigenvalue weighted by Gasteiger charge is 2.43. The molecule has 0 heterocycles. The lowest BCUT2D eigenvalue weighted by Gasteiger charge is -2.39. The number of hydrogen-bond acceptors (Lipinski definition) is 3. The largest absolute Gasteiger partial charge is 0.480 e. The van der Waals surface area contributed by atoms with E-state index in [1.807, 2.05) is 25.6 Å². The van der Waals surface area contributed by atoms with Gasteiger partial charge in [-0.2, -0.15) is 0 Å². The van der Waals surface area contributed by atoms with Crippen molar-refractivity contribution in [1.29, 1.82) is 0 Å². The first-order chi connectivity index (χ1) is 9.91. The molecule has 1 saturated carbocycles. The molecule has 4 heteroatoms. The maximum Gasteiger partial charge on any atom is 0.323 e. The van der Waals surface area contributed by atoms with Gasteiger partial charge < -0.3 is 5.11 Å². The standard InChI is InChI=1S/C17H25NO2S/c1-12(2)18-17(16(19)20)10-4-5-15(11-17)21-14-8-6-13(3)7-9-14/h6-9,12,15,18H,4-5,10-11H2,1-3H3,(H,19,20). The van der Waals surface area contributed by atoms with Gasteiger partial charge in [-0.1, -0.05) is 17.7 Å². The van der Waals surface area contributed by atoms with E-state index in [2.05, 4.69) is 36.5 Å². The second-order valence-corrected chi connectivity index (χ2v) is 7.71. The number of aliphatic carboxylic acids is 1.